The van der Waals surface area contributed by atoms with E-state index in [1.54, 1.807) is 12.4 Å². The molecule has 0 amide bonds. The first-order chi connectivity index (χ1) is 12.9. The molecule has 7 nitrogen and oxygen atoms in total. The first-order valence-electron chi connectivity index (χ1n) is 8.76. The Morgan fingerprint density at radius 3 is 2.46 bits per heavy atom. The third kappa shape index (κ3) is 3.88. The van der Waals surface area contributed by atoms with Gasteiger partial charge in [0.25, 0.3) is 0 Å². The Bertz CT molecular complexity index is 818. The molecule has 1 aliphatic heterocycles. The average Bonchev–Trinajstić information content (AvgIpc) is 2.74. The van der Waals surface area contributed by atoms with E-state index < -0.39 is 0 Å². The van der Waals surface area contributed by atoms with Gasteiger partial charge in [0.15, 0.2) is 5.82 Å². The van der Waals surface area contributed by atoms with Crippen molar-refractivity contribution in [2.45, 2.75) is 6.54 Å². The van der Waals surface area contributed by atoms with E-state index in [0.29, 0.717) is 12.5 Å². The molecule has 0 bridgehead atoms. The van der Waals surface area contributed by atoms with Gasteiger partial charge in [-0.2, -0.15) is 10.1 Å². The van der Waals surface area contributed by atoms with E-state index in [9.17, 15) is 0 Å². The fourth-order valence-electron chi connectivity index (χ4n) is 3.04. The Kier molecular flexibility index (Phi) is 4.86. The summed E-state index contributed by atoms with van der Waals surface area (Å²) in [5, 5.41) is 11.4. The predicted molar refractivity (Wildman–Crippen MR) is 102 cm³/mol. The summed E-state index contributed by atoms with van der Waals surface area (Å²) in [6, 6.07) is 14.4. The van der Waals surface area contributed by atoms with Gasteiger partial charge >= 0.3 is 0 Å². The minimum Gasteiger partial charge on any atom is -0.368 e. The molecule has 1 saturated heterocycles. The zero-order valence-electron chi connectivity index (χ0n) is 14.5. The van der Waals surface area contributed by atoms with Crippen molar-refractivity contribution < 1.29 is 0 Å². The van der Waals surface area contributed by atoms with Crippen molar-refractivity contribution in [3.8, 4) is 0 Å². The van der Waals surface area contributed by atoms with E-state index >= 15 is 0 Å². The van der Waals surface area contributed by atoms with Crippen molar-refractivity contribution in [3.05, 3.63) is 66.6 Å². The van der Waals surface area contributed by atoms with Crippen LogP contribution < -0.4 is 15.1 Å². The summed E-state index contributed by atoms with van der Waals surface area (Å²) in [6.07, 6.45) is 5.32. The fourth-order valence-corrected chi connectivity index (χ4v) is 3.04. The monoisotopic (exact) mass is 347 g/mol. The van der Waals surface area contributed by atoms with Gasteiger partial charge in [0, 0.05) is 50.8 Å². The van der Waals surface area contributed by atoms with Gasteiger partial charge in [-0.3, -0.25) is 4.98 Å². The Balaban J connectivity index is 1.36. The molecule has 1 N–H and O–H groups in total. The molecule has 2 aromatic heterocycles. The van der Waals surface area contributed by atoms with Crippen LogP contribution in [0, 0.1) is 0 Å². The number of hydrogen-bond donors (Lipinski definition) is 1. The van der Waals surface area contributed by atoms with Crippen LogP contribution in [0.3, 0.4) is 0 Å². The maximum atomic E-state index is 4.61. The lowest BCUT2D eigenvalue weighted by atomic mass is 10.2. The Labute approximate surface area is 152 Å². The maximum absolute atomic E-state index is 4.61. The molecule has 4 rings (SSSR count). The Hall–Kier alpha value is -3.22. The van der Waals surface area contributed by atoms with Gasteiger partial charge in [0.05, 0.1) is 6.20 Å². The summed E-state index contributed by atoms with van der Waals surface area (Å²) >= 11 is 0. The summed E-state index contributed by atoms with van der Waals surface area (Å²) in [5.74, 6) is 1.40. The second-order valence-corrected chi connectivity index (χ2v) is 6.16. The highest BCUT2D eigenvalue weighted by Gasteiger charge is 2.19. The highest BCUT2D eigenvalue weighted by Crippen LogP contribution is 2.19. The molecule has 3 aromatic rings. The van der Waals surface area contributed by atoms with E-state index in [1.165, 1.54) is 5.69 Å². The average molecular weight is 347 g/mol. The number of anilines is 3. The van der Waals surface area contributed by atoms with Gasteiger partial charge in [-0.25, -0.2) is 0 Å². The summed E-state index contributed by atoms with van der Waals surface area (Å²) in [4.78, 5) is 13.4. The summed E-state index contributed by atoms with van der Waals surface area (Å²) in [6.45, 7) is 4.38. The van der Waals surface area contributed by atoms with E-state index in [4.69, 9.17) is 0 Å². The molecular weight excluding hydrogens is 326 g/mol. The first kappa shape index (κ1) is 16.3. The van der Waals surface area contributed by atoms with Gasteiger partial charge < -0.3 is 15.1 Å². The molecule has 3 heterocycles. The van der Waals surface area contributed by atoms with Crippen molar-refractivity contribution in [2.24, 2.45) is 0 Å². The largest absolute Gasteiger partial charge is 0.368 e. The lowest BCUT2D eigenvalue weighted by molar-refractivity contribution is 0.644. The quantitative estimate of drug-likeness (QED) is 0.759. The van der Waals surface area contributed by atoms with Crippen LogP contribution in [0.4, 0.5) is 17.5 Å². The standard InChI is InChI=1S/C19H21N7/c1-2-6-17(7-3-1)25-9-11-26(12-10-25)18-15-22-24-19(23-18)21-14-16-5-4-8-20-13-16/h1-8,13,15H,9-12,14H2,(H,21,23,24). The SMILES string of the molecule is c1ccc(N2CCN(c3cnnc(NCc4cccnc4)n3)CC2)cc1. The fraction of sp³-hybridized carbons (Fsp3) is 0.263. The second-order valence-electron chi connectivity index (χ2n) is 6.16. The van der Waals surface area contributed by atoms with Crippen LogP contribution in [-0.2, 0) is 6.54 Å². The van der Waals surface area contributed by atoms with Crippen LogP contribution in [0.5, 0.6) is 0 Å². The van der Waals surface area contributed by atoms with Gasteiger partial charge in [0.2, 0.25) is 5.95 Å². The van der Waals surface area contributed by atoms with Crippen LogP contribution in [0.25, 0.3) is 0 Å². The molecule has 1 fully saturated rings. The normalized spacial score (nSPS) is 14.3. The van der Waals surface area contributed by atoms with Crippen LogP contribution in [0.1, 0.15) is 5.56 Å². The zero-order chi connectivity index (χ0) is 17.6. The second kappa shape index (κ2) is 7.77. The van der Waals surface area contributed by atoms with E-state index in [1.807, 2.05) is 24.4 Å². The number of para-hydroxylation sites is 1. The number of pyridine rings is 1. The summed E-state index contributed by atoms with van der Waals surface area (Å²) in [7, 11) is 0. The molecule has 0 atom stereocenters. The molecular formula is C19H21N7. The minimum absolute atomic E-state index is 0.539. The lowest BCUT2D eigenvalue weighted by Gasteiger charge is -2.36. The summed E-state index contributed by atoms with van der Waals surface area (Å²) < 4.78 is 0. The molecule has 0 spiro atoms. The zero-order valence-corrected chi connectivity index (χ0v) is 14.5. The minimum atomic E-state index is 0.539. The van der Waals surface area contributed by atoms with Gasteiger partial charge in [-0.05, 0) is 23.8 Å². The molecule has 1 aliphatic rings. The van der Waals surface area contributed by atoms with Gasteiger partial charge in [0.1, 0.15) is 0 Å². The smallest absolute Gasteiger partial charge is 0.244 e. The van der Waals surface area contributed by atoms with E-state index in [-0.39, 0.29) is 0 Å². The van der Waals surface area contributed by atoms with Crippen LogP contribution >= 0.6 is 0 Å². The number of aromatic nitrogens is 4. The third-order valence-electron chi connectivity index (χ3n) is 4.44. The number of piperazine rings is 1. The van der Waals surface area contributed by atoms with Crippen LogP contribution in [0.15, 0.2) is 61.1 Å². The molecule has 7 heteroatoms. The molecule has 1 aromatic carbocycles. The number of nitrogens with one attached hydrogen (secondary N) is 1. The molecule has 0 unspecified atom stereocenters. The molecule has 0 radical (unpaired) electrons. The molecule has 0 aliphatic carbocycles. The molecule has 132 valence electrons. The van der Waals surface area contributed by atoms with Crippen molar-refractivity contribution in [1.29, 1.82) is 0 Å². The predicted octanol–water partition coefficient (Wildman–Crippen LogP) is 2.21. The van der Waals surface area contributed by atoms with Crippen molar-refractivity contribution in [1.82, 2.24) is 20.2 Å². The van der Waals surface area contributed by atoms with Crippen molar-refractivity contribution in [2.75, 3.05) is 41.3 Å². The van der Waals surface area contributed by atoms with Gasteiger partial charge in [-0.1, -0.05) is 24.3 Å². The first-order valence-corrected chi connectivity index (χ1v) is 8.76. The van der Waals surface area contributed by atoms with Crippen molar-refractivity contribution in [3.63, 3.8) is 0 Å². The number of benzene rings is 1. The molecule has 26 heavy (non-hydrogen) atoms. The van der Waals surface area contributed by atoms with Crippen LogP contribution in [0.2, 0.25) is 0 Å². The Morgan fingerprint density at radius 1 is 0.885 bits per heavy atom. The Morgan fingerprint density at radius 2 is 1.69 bits per heavy atom. The number of rotatable bonds is 5. The highest BCUT2D eigenvalue weighted by atomic mass is 15.3. The number of nitrogens with zero attached hydrogens (tertiary/aromatic N) is 6. The topological polar surface area (TPSA) is 70.1 Å². The highest BCUT2D eigenvalue weighted by molar-refractivity contribution is 5.49. The van der Waals surface area contributed by atoms with Crippen molar-refractivity contribution >= 4 is 17.5 Å². The number of hydrogen-bond acceptors (Lipinski definition) is 7. The molecule has 0 saturated carbocycles. The maximum Gasteiger partial charge on any atom is 0.244 e. The van der Waals surface area contributed by atoms with Crippen LogP contribution in [-0.4, -0.2) is 46.3 Å². The lowest BCUT2D eigenvalue weighted by Crippen LogP contribution is -2.46. The third-order valence-corrected chi connectivity index (χ3v) is 4.44. The van der Waals surface area contributed by atoms with E-state index in [2.05, 4.69) is 59.5 Å². The van der Waals surface area contributed by atoms with E-state index in [0.717, 1.165) is 37.6 Å². The van der Waals surface area contributed by atoms with Gasteiger partial charge in [-0.15, -0.1) is 5.10 Å². The summed E-state index contributed by atoms with van der Waals surface area (Å²) in [5.41, 5.74) is 2.35.